The molecule has 1 saturated heterocycles. The molecule has 0 radical (unpaired) electrons. The molecule has 4 nitrogen and oxygen atoms in total. The Labute approximate surface area is 200 Å². The van der Waals surface area contributed by atoms with Crippen molar-refractivity contribution >= 4 is 50.9 Å². The van der Waals surface area contributed by atoms with E-state index < -0.39 is 0 Å². The molecular weight excluding hydrogens is 442 g/mol. The molecule has 1 aromatic carbocycles. The maximum absolute atomic E-state index is 5.87. The summed E-state index contributed by atoms with van der Waals surface area (Å²) in [7, 11) is 0. The molecule has 0 unspecified atom stereocenters. The number of hydrogen-bond donors (Lipinski definition) is 0. The van der Waals surface area contributed by atoms with Gasteiger partial charge in [0.15, 0.2) is 5.17 Å². The zero-order valence-electron chi connectivity index (χ0n) is 19.3. The van der Waals surface area contributed by atoms with E-state index in [2.05, 4.69) is 81.9 Å². The van der Waals surface area contributed by atoms with Gasteiger partial charge in [-0.1, -0.05) is 101 Å². The Morgan fingerprint density at radius 3 is 2.74 bits per heavy atom. The zero-order chi connectivity index (χ0) is 22.6. The number of hydrogen-bond acceptors (Lipinski definition) is 6. The molecule has 1 aliphatic rings. The third-order valence-corrected chi connectivity index (χ3v) is 7.94. The maximum atomic E-state index is 5.87. The standard InChI is InChI=1S/C24H33N3OS3/c1-16(2)11-19-12-18(26-28-19)13-30-23(29)27-14-24(5,6)15-31-22(27)25-21-10-8-7-9-20(21)17(3)4/h7-10,12,16-17H,11,13-15H2,1-6H3. The van der Waals surface area contributed by atoms with Crippen LogP contribution < -0.4 is 0 Å². The molecule has 1 aromatic heterocycles. The first-order valence-electron chi connectivity index (χ1n) is 10.8. The molecule has 31 heavy (non-hydrogen) atoms. The van der Waals surface area contributed by atoms with E-state index in [0.717, 1.165) is 45.3 Å². The van der Waals surface area contributed by atoms with E-state index in [1.807, 2.05) is 0 Å². The second-order valence-electron chi connectivity index (χ2n) is 9.58. The first kappa shape index (κ1) is 24.3. The molecule has 1 fully saturated rings. The molecule has 3 rings (SSSR count). The second kappa shape index (κ2) is 10.5. The summed E-state index contributed by atoms with van der Waals surface area (Å²) in [6, 6.07) is 10.5. The van der Waals surface area contributed by atoms with Gasteiger partial charge in [-0.2, -0.15) is 0 Å². The van der Waals surface area contributed by atoms with E-state index in [-0.39, 0.29) is 5.41 Å². The van der Waals surface area contributed by atoms with Crippen molar-refractivity contribution < 1.29 is 4.52 Å². The van der Waals surface area contributed by atoms with Crippen LogP contribution in [0.15, 0.2) is 39.8 Å². The van der Waals surface area contributed by atoms with Gasteiger partial charge in [0.05, 0.1) is 11.4 Å². The molecule has 0 N–H and O–H groups in total. The fourth-order valence-electron chi connectivity index (χ4n) is 3.43. The van der Waals surface area contributed by atoms with E-state index in [9.17, 15) is 0 Å². The highest BCUT2D eigenvalue weighted by Crippen LogP contribution is 2.36. The van der Waals surface area contributed by atoms with Gasteiger partial charge in [0, 0.05) is 30.5 Å². The molecular formula is C24H33N3OS3. The first-order chi connectivity index (χ1) is 14.6. The van der Waals surface area contributed by atoms with Crippen molar-refractivity contribution in [2.24, 2.45) is 16.3 Å². The van der Waals surface area contributed by atoms with Gasteiger partial charge < -0.3 is 9.42 Å². The van der Waals surface area contributed by atoms with Gasteiger partial charge in [-0.3, -0.25) is 0 Å². The Bertz CT molecular complexity index is 934. The number of nitrogens with zero attached hydrogens (tertiary/aromatic N) is 3. The fraction of sp³-hybridized carbons (Fsp3) is 0.542. The summed E-state index contributed by atoms with van der Waals surface area (Å²) in [6.45, 7) is 14.2. The van der Waals surface area contributed by atoms with Crippen molar-refractivity contribution in [1.29, 1.82) is 0 Å². The van der Waals surface area contributed by atoms with Gasteiger partial charge in [0.25, 0.3) is 0 Å². The lowest BCUT2D eigenvalue weighted by Gasteiger charge is -2.39. The number of aromatic nitrogens is 1. The molecule has 168 valence electrons. The predicted molar refractivity (Wildman–Crippen MR) is 140 cm³/mol. The third kappa shape index (κ3) is 6.83. The van der Waals surface area contributed by atoms with Crippen molar-refractivity contribution in [2.75, 3.05) is 12.3 Å². The monoisotopic (exact) mass is 475 g/mol. The first-order valence-corrected chi connectivity index (χ1v) is 13.2. The molecule has 0 atom stereocenters. The molecule has 1 aliphatic heterocycles. The van der Waals surface area contributed by atoms with Crippen LogP contribution >= 0.6 is 35.7 Å². The summed E-state index contributed by atoms with van der Waals surface area (Å²) in [4.78, 5) is 7.28. The Morgan fingerprint density at radius 1 is 1.29 bits per heavy atom. The average Bonchev–Trinajstić information content (AvgIpc) is 3.14. The largest absolute Gasteiger partial charge is 0.361 e. The highest BCUT2D eigenvalue weighted by Gasteiger charge is 2.33. The molecule has 0 bridgehead atoms. The molecule has 0 amide bonds. The van der Waals surface area contributed by atoms with Gasteiger partial charge in [-0.05, 0) is 28.9 Å². The minimum atomic E-state index is 0.171. The van der Waals surface area contributed by atoms with Crippen LogP contribution in [0.5, 0.6) is 0 Å². The van der Waals surface area contributed by atoms with Crippen LogP contribution in [0, 0.1) is 11.3 Å². The molecule has 7 heteroatoms. The predicted octanol–water partition coefficient (Wildman–Crippen LogP) is 7.28. The van der Waals surface area contributed by atoms with Crippen molar-refractivity contribution in [3.8, 4) is 0 Å². The van der Waals surface area contributed by atoms with E-state index in [0.29, 0.717) is 17.6 Å². The summed E-state index contributed by atoms with van der Waals surface area (Å²) in [6.07, 6.45) is 0.908. The van der Waals surface area contributed by atoms with Crippen LogP contribution in [0.25, 0.3) is 0 Å². The summed E-state index contributed by atoms with van der Waals surface area (Å²) in [5.41, 5.74) is 3.41. The Balaban J connectivity index is 1.77. The van der Waals surface area contributed by atoms with Gasteiger partial charge in [0.1, 0.15) is 10.1 Å². The van der Waals surface area contributed by atoms with Crippen LogP contribution in [0.3, 0.4) is 0 Å². The van der Waals surface area contributed by atoms with Crippen molar-refractivity contribution in [2.45, 2.75) is 59.6 Å². The lowest BCUT2D eigenvalue weighted by molar-refractivity contribution is 0.348. The number of rotatable bonds is 6. The van der Waals surface area contributed by atoms with E-state index in [4.69, 9.17) is 21.7 Å². The van der Waals surface area contributed by atoms with Crippen LogP contribution in [0.1, 0.15) is 64.5 Å². The highest BCUT2D eigenvalue weighted by atomic mass is 32.2. The smallest absolute Gasteiger partial charge is 0.169 e. The Hall–Kier alpha value is -1.31. The summed E-state index contributed by atoms with van der Waals surface area (Å²) in [5.74, 6) is 3.65. The van der Waals surface area contributed by atoms with Crippen LogP contribution in [0.2, 0.25) is 0 Å². The third-order valence-electron chi connectivity index (χ3n) is 4.97. The van der Waals surface area contributed by atoms with Gasteiger partial charge in [-0.15, -0.1) is 0 Å². The Kier molecular flexibility index (Phi) is 8.27. The minimum absolute atomic E-state index is 0.171. The fourth-order valence-corrected chi connectivity index (χ4v) is 5.67. The summed E-state index contributed by atoms with van der Waals surface area (Å²) < 4.78 is 6.32. The topological polar surface area (TPSA) is 41.6 Å². The van der Waals surface area contributed by atoms with Gasteiger partial charge in [-0.25, -0.2) is 4.99 Å². The maximum Gasteiger partial charge on any atom is 0.169 e. The van der Waals surface area contributed by atoms with Crippen LogP contribution in [-0.2, 0) is 12.2 Å². The van der Waals surface area contributed by atoms with E-state index in [1.54, 1.807) is 23.5 Å². The summed E-state index contributed by atoms with van der Waals surface area (Å²) in [5, 5.41) is 5.21. The number of benzene rings is 1. The van der Waals surface area contributed by atoms with Crippen molar-refractivity contribution in [3.63, 3.8) is 0 Å². The zero-order valence-corrected chi connectivity index (χ0v) is 21.8. The second-order valence-corrected chi connectivity index (χ2v) is 12.1. The van der Waals surface area contributed by atoms with E-state index >= 15 is 0 Å². The number of thiocarbonyl (C=S) groups is 1. The number of para-hydroxylation sites is 1. The SMILES string of the molecule is CC(C)Cc1cc(CSC(=S)N2CC(C)(C)CSC2=Nc2ccccc2C(C)C)no1. The quantitative estimate of drug-likeness (QED) is 0.409. The highest BCUT2D eigenvalue weighted by molar-refractivity contribution is 8.22. The van der Waals surface area contributed by atoms with Gasteiger partial charge in [0.2, 0.25) is 0 Å². The Morgan fingerprint density at radius 2 is 2.03 bits per heavy atom. The summed E-state index contributed by atoms with van der Waals surface area (Å²) >= 11 is 9.30. The molecule has 2 aromatic rings. The lowest BCUT2D eigenvalue weighted by atomic mass is 9.96. The number of thioether (sulfide) groups is 2. The van der Waals surface area contributed by atoms with E-state index in [1.165, 1.54) is 5.56 Å². The van der Waals surface area contributed by atoms with Crippen molar-refractivity contribution in [3.05, 3.63) is 47.3 Å². The average molecular weight is 476 g/mol. The van der Waals surface area contributed by atoms with Crippen molar-refractivity contribution in [1.82, 2.24) is 10.1 Å². The minimum Gasteiger partial charge on any atom is -0.361 e. The number of amidine groups is 1. The molecule has 0 aliphatic carbocycles. The van der Waals surface area contributed by atoms with Crippen LogP contribution in [-0.4, -0.2) is 31.8 Å². The normalized spacial score (nSPS) is 17.7. The lowest BCUT2D eigenvalue weighted by Crippen LogP contribution is -2.45. The number of aliphatic imine (C=N–C) groups is 1. The van der Waals surface area contributed by atoms with Crippen LogP contribution in [0.4, 0.5) is 5.69 Å². The van der Waals surface area contributed by atoms with Gasteiger partial charge >= 0.3 is 0 Å². The molecule has 0 saturated carbocycles. The molecule has 0 spiro atoms. The molecule has 2 heterocycles.